The number of carbonyl (C=O) groups is 2. The highest BCUT2D eigenvalue weighted by atomic mass is 16.4. The zero-order chi connectivity index (χ0) is 19.5. The first kappa shape index (κ1) is 25.1. The van der Waals surface area contributed by atoms with Crippen LogP contribution in [-0.4, -0.2) is 22.9 Å². The molecule has 4 heteroatoms. The Morgan fingerprint density at radius 2 is 1.08 bits per heavy atom. The van der Waals surface area contributed by atoms with Gasteiger partial charge in [-0.1, -0.05) is 96.8 Å². The molecule has 0 aliphatic heterocycles. The van der Waals surface area contributed by atoms with Crippen molar-refractivity contribution in [3.8, 4) is 0 Å². The lowest BCUT2D eigenvalue weighted by atomic mass is 10.0. The molecule has 3 N–H and O–H groups in total. The molecule has 0 aromatic rings. The first-order valence-electron chi connectivity index (χ1n) is 11.1. The summed E-state index contributed by atoms with van der Waals surface area (Å²) in [4.78, 5) is 22.2. The first-order chi connectivity index (χ1) is 12.6. The second-order valence-corrected chi connectivity index (χ2v) is 7.70. The van der Waals surface area contributed by atoms with Crippen molar-refractivity contribution in [1.29, 1.82) is 0 Å². The quantitative estimate of drug-likeness (QED) is 0.258. The van der Waals surface area contributed by atoms with Crippen molar-refractivity contribution in [2.75, 3.05) is 0 Å². The SMILES string of the molecule is CCCCCCCCCCCCCCCCCC(=O)[C@@H](N)CCC(=O)O. The van der Waals surface area contributed by atoms with Gasteiger partial charge in [-0.05, 0) is 12.8 Å². The van der Waals surface area contributed by atoms with Gasteiger partial charge in [0.25, 0.3) is 0 Å². The second-order valence-electron chi connectivity index (χ2n) is 7.70. The van der Waals surface area contributed by atoms with Gasteiger partial charge in [-0.3, -0.25) is 9.59 Å². The zero-order valence-electron chi connectivity index (χ0n) is 17.1. The van der Waals surface area contributed by atoms with E-state index in [4.69, 9.17) is 10.8 Å². The summed E-state index contributed by atoms with van der Waals surface area (Å²) >= 11 is 0. The van der Waals surface area contributed by atoms with Crippen LogP contribution < -0.4 is 5.73 Å². The van der Waals surface area contributed by atoms with Crippen molar-refractivity contribution in [3.63, 3.8) is 0 Å². The lowest BCUT2D eigenvalue weighted by Gasteiger charge is -2.08. The fourth-order valence-electron chi connectivity index (χ4n) is 3.30. The molecule has 0 rings (SSSR count). The van der Waals surface area contributed by atoms with Crippen LogP contribution in [0.2, 0.25) is 0 Å². The molecule has 1 atom stereocenters. The van der Waals surface area contributed by atoms with Gasteiger partial charge in [-0.25, -0.2) is 0 Å². The monoisotopic (exact) mass is 369 g/mol. The Morgan fingerprint density at radius 3 is 1.46 bits per heavy atom. The van der Waals surface area contributed by atoms with E-state index in [1.165, 1.54) is 83.5 Å². The minimum absolute atomic E-state index is 0.0148. The third-order valence-corrected chi connectivity index (χ3v) is 5.11. The number of carboxylic acids is 1. The zero-order valence-corrected chi connectivity index (χ0v) is 17.1. The number of hydrogen-bond donors (Lipinski definition) is 2. The van der Waals surface area contributed by atoms with Gasteiger partial charge in [0.2, 0.25) is 0 Å². The maximum atomic E-state index is 11.8. The molecule has 0 bridgehead atoms. The average Bonchev–Trinajstić information content (AvgIpc) is 2.62. The van der Waals surface area contributed by atoms with Gasteiger partial charge in [-0.15, -0.1) is 0 Å². The fourth-order valence-corrected chi connectivity index (χ4v) is 3.30. The smallest absolute Gasteiger partial charge is 0.303 e. The van der Waals surface area contributed by atoms with E-state index in [0.29, 0.717) is 6.42 Å². The van der Waals surface area contributed by atoms with Crippen molar-refractivity contribution in [2.45, 2.75) is 129 Å². The molecule has 0 amide bonds. The van der Waals surface area contributed by atoms with E-state index in [0.717, 1.165) is 12.8 Å². The van der Waals surface area contributed by atoms with Crippen LogP contribution in [0, 0.1) is 0 Å². The van der Waals surface area contributed by atoms with E-state index in [1.54, 1.807) is 0 Å². The Bertz CT molecular complexity index is 344. The summed E-state index contributed by atoms with van der Waals surface area (Å²) < 4.78 is 0. The molecule has 4 nitrogen and oxygen atoms in total. The average molecular weight is 370 g/mol. The highest BCUT2D eigenvalue weighted by Gasteiger charge is 2.14. The van der Waals surface area contributed by atoms with Crippen molar-refractivity contribution < 1.29 is 14.7 Å². The summed E-state index contributed by atoms with van der Waals surface area (Å²) in [5, 5.41) is 8.59. The van der Waals surface area contributed by atoms with Crippen LogP contribution in [0.5, 0.6) is 0 Å². The number of nitrogens with two attached hydrogens (primary N) is 1. The molecule has 26 heavy (non-hydrogen) atoms. The molecule has 0 saturated heterocycles. The number of rotatable bonds is 20. The lowest BCUT2D eigenvalue weighted by molar-refractivity contribution is -0.137. The molecular weight excluding hydrogens is 326 g/mol. The van der Waals surface area contributed by atoms with Gasteiger partial charge >= 0.3 is 5.97 Å². The van der Waals surface area contributed by atoms with Crippen LogP contribution in [0.4, 0.5) is 0 Å². The number of unbranched alkanes of at least 4 members (excludes halogenated alkanes) is 14. The van der Waals surface area contributed by atoms with Crippen molar-refractivity contribution in [2.24, 2.45) is 5.73 Å². The molecule has 0 spiro atoms. The van der Waals surface area contributed by atoms with Crippen LogP contribution in [0.1, 0.15) is 122 Å². The van der Waals surface area contributed by atoms with E-state index >= 15 is 0 Å². The van der Waals surface area contributed by atoms with E-state index in [-0.39, 0.29) is 18.6 Å². The molecule has 0 aromatic carbocycles. The Balaban J connectivity index is 3.24. The van der Waals surface area contributed by atoms with Gasteiger partial charge in [0.1, 0.15) is 5.78 Å². The second kappa shape index (κ2) is 18.9. The van der Waals surface area contributed by atoms with Gasteiger partial charge < -0.3 is 10.8 Å². The van der Waals surface area contributed by atoms with Crippen LogP contribution in [0.3, 0.4) is 0 Å². The molecule has 0 fully saturated rings. The maximum Gasteiger partial charge on any atom is 0.303 e. The molecule has 0 aromatic heterocycles. The lowest BCUT2D eigenvalue weighted by Crippen LogP contribution is -2.30. The Hall–Kier alpha value is -0.900. The molecule has 0 unspecified atom stereocenters. The molecular formula is C22H43NO3. The molecule has 0 heterocycles. The molecule has 0 aliphatic carbocycles. The molecule has 0 aliphatic rings. The summed E-state index contributed by atoms with van der Waals surface area (Å²) in [6.45, 7) is 2.26. The number of Topliss-reactive ketones (excluding diaryl/α,β-unsaturated/α-hetero) is 1. The fraction of sp³-hybridized carbons (Fsp3) is 0.909. The van der Waals surface area contributed by atoms with Crippen molar-refractivity contribution >= 4 is 11.8 Å². The Morgan fingerprint density at radius 1 is 0.692 bits per heavy atom. The number of aliphatic carboxylic acids is 1. The van der Waals surface area contributed by atoms with Gasteiger partial charge in [0.05, 0.1) is 6.04 Å². The topological polar surface area (TPSA) is 80.4 Å². The van der Waals surface area contributed by atoms with E-state index in [1.807, 2.05) is 0 Å². The minimum Gasteiger partial charge on any atom is -0.481 e. The normalized spacial score (nSPS) is 12.2. The molecule has 154 valence electrons. The highest BCUT2D eigenvalue weighted by molar-refractivity contribution is 5.84. The number of ketones is 1. The van der Waals surface area contributed by atoms with Gasteiger partial charge in [0.15, 0.2) is 0 Å². The number of hydrogen-bond acceptors (Lipinski definition) is 3. The minimum atomic E-state index is -0.889. The van der Waals surface area contributed by atoms with E-state index in [2.05, 4.69) is 6.92 Å². The van der Waals surface area contributed by atoms with Crippen LogP contribution in [0.15, 0.2) is 0 Å². The highest BCUT2D eigenvalue weighted by Crippen LogP contribution is 2.14. The third-order valence-electron chi connectivity index (χ3n) is 5.11. The largest absolute Gasteiger partial charge is 0.481 e. The maximum absolute atomic E-state index is 11.8. The summed E-state index contributed by atoms with van der Waals surface area (Å²) in [6, 6.07) is -0.599. The van der Waals surface area contributed by atoms with E-state index in [9.17, 15) is 9.59 Å². The molecule has 0 radical (unpaired) electrons. The molecule has 0 saturated carbocycles. The summed E-state index contributed by atoms with van der Waals surface area (Å²) in [7, 11) is 0. The number of carboxylic acid groups (broad SMARTS) is 1. The number of carbonyl (C=O) groups excluding carboxylic acids is 1. The predicted molar refractivity (Wildman–Crippen MR) is 109 cm³/mol. The van der Waals surface area contributed by atoms with Crippen molar-refractivity contribution in [1.82, 2.24) is 0 Å². The van der Waals surface area contributed by atoms with Gasteiger partial charge in [-0.2, -0.15) is 0 Å². The Labute approximate surface area is 161 Å². The van der Waals surface area contributed by atoms with Crippen LogP contribution >= 0.6 is 0 Å². The first-order valence-corrected chi connectivity index (χ1v) is 11.1. The van der Waals surface area contributed by atoms with Crippen LogP contribution in [0.25, 0.3) is 0 Å². The third kappa shape index (κ3) is 17.9. The van der Waals surface area contributed by atoms with E-state index < -0.39 is 12.0 Å². The predicted octanol–water partition coefficient (Wildman–Crippen LogP) is 6.01. The summed E-state index contributed by atoms with van der Waals surface area (Å²) in [5.41, 5.74) is 5.71. The standard InChI is InChI=1S/C22H43NO3/c1-2-3-4-5-6-7-8-9-10-11-12-13-14-15-16-17-21(24)20(23)18-19-22(25)26/h20H,2-19,23H2,1H3,(H,25,26)/t20-/m0/s1. The summed E-state index contributed by atoms with van der Waals surface area (Å²) in [5.74, 6) is -0.874. The summed E-state index contributed by atoms with van der Waals surface area (Å²) in [6.07, 6.45) is 20.3. The Kier molecular flexibility index (Phi) is 18.2. The van der Waals surface area contributed by atoms with Crippen molar-refractivity contribution in [3.05, 3.63) is 0 Å². The van der Waals surface area contributed by atoms with Gasteiger partial charge in [0, 0.05) is 12.8 Å². The van der Waals surface area contributed by atoms with Crippen LogP contribution in [-0.2, 0) is 9.59 Å².